The van der Waals surface area contributed by atoms with E-state index >= 15 is 0 Å². The summed E-state index contributed by atoms with van der Waals surface area (Å²) in [7, 11) is 0. The standard InChI is InChI=1S/C10H19NO/c1-3-9(11-4-2)8-10-6-5-7-12-10/h3,9-11H,1,4-8H2,2H3. The van der Waals surface area contributed by atoms with Crippen molar-refractivity contribution in [1.29, 1.82) is 0 Å². The summed E-state index contributed by atoms with van der Waals surface area (Å²) >= 11 is 0. The third-order valence-electron chi connectivity index (χ3n) is 2.29. The highest BCUT2D eigenvalue weighted by atomic mass is 16.5. The van der Waals surface area contributed by atoms with E-state index in [0.29, 0.717) is 12.1 Å². The third kappa shape index (κ3) is 2.95. The van der Waals surface area contributed by atoms with Gasteiger partial charge >= 0.3 is 0 Å². The van der Waals surface area contributed by atoms with Crippen LogP contribution in [0, 0.1) is 0 Å². The monoisotopic (exact) mass is 169 g/mol. The summed E-state index contributed by atoms with van der Waals surface area (Å²) < 4.78 is 5.54. The Morgan fingerprint density at radius 3 is 3.08 bits per heavy atom. The van der Waals surface area contributed by atoms with E-state index in [0.717, 1.165) is 19.6 Å². The minimum absolute atomic E-state index is 0.429. The average Bonchev–Trinajstić information content (AvgIpc) is 2.56. The maximum absolute atomic E-state index is 5.54. The maximum atomic E-state index is 5.54. The van der Waals surface area contributed by atoms with Crippen LogP contribution in [0.3, 0.4) is 0 Å². The molecule has 0 aliphatic carbocycles. The van der Waals surface area contributed by atoms with Crippen molar-refractivity contribution < 1.29 is 4.74 Å². The topological polar surface area (TPSA) is 21.3 Å². The fourth-order valence-electron chi connectivity index (χ4n) is 1.64. The van der Waals surface area contributed by atoms with Gasteiger partial charge in [-0.2, -0.15) is 0 Å². The van der Waals surface area contributed by atoms with E-state index in [4.69, 9.17) is 4.74 Å². The maximum Gasteiger partial charge on any atom is 0.0593 e. The highest BCUT2D eigenvalue weighted by molar-refractivity contribution is 4.88. The number of nitrogens with one attached hydrogen (secondary N) is 1. The van der Waals surface area contributed by atoms with Crippen molar-refractivity contribution >= 4 is 0 Å². The molecule has 0 radical (unpaired) electrons. The third-order valence-corrected chi connectivity index (χ3v) is 2.29. The van der Waals surface area contributed by atoms with Crippen molar-refractivity contribution in [3.8, 4) is 0 Å². The highest BCUT2D eigenvalue weighted by Gasteiger charge is 2.18. The van der Waals surface area contributed by atoms with Gasteiger partial charge in [-0.15, -0.1) is 6.58 Å². The van der Waals surface area contributed by atoms with Gasteiger partial charge in [0.2, 0.25) is 0 Å². The zero-order valence-electron chi connectivity index (χ0n) is 7.88. The predicted octanol–water partition coefficient (Wildman–Crippen LogP) is 1.72. The molecule has 0 spiro atoms. The fraction of sp³-hybridized carbons (Fsp3) is 0.800. The van der Waals surface area contributed by atoms with Gasteiger partial charge in [0.1, 0.15) is 0 Å². The molecule has 2 nitrogen and oxygen atoms in total. The van der Waals surface area contributed by atoms with E-state index in [2.05, 4.69) is 18.8 Å². The molecule has 0 amide bonds. The van der Waals surface area contributed by atoms with Gasteiger partial charge in [0.15, 0.2) is 0 Å². The van der Waals surface area contributed by atoms with Gasteiger partial charge in [0.05, 0.1) is 6.10 Å². The molecule has 2 atom stereocenters. The second kappa shape index (κ2) is 5.33. The normalized spacial score (nSPS) is 25.6. The molecule has 0 bridgehead atoms. The number of hydrogen-bond acceptors (Lipinski definition) is 2. The van der Waals surface area contributed by atoms with Crippen molar-refractivity contribution in [2.24, 2.45) is 0 Å². The van der Waals surface area contributed by atoms with Crippen LogP contribution in [0.25, 0.3) is 0 Å². The van der Waals surface area contributed by atoms with Gasteiger partial charge in [-0.05, 0) is 25.8 Å². The SMILES string of the molecule is C=CC(CC1CCCO1)NCC. The molecule has 70 valence electrons. The summed E-state index contributed by atoms with van der Waals surface area (Å²) in [5, 5.41) is 3.36. The smallest absolute Gasteiger partial charge is 0.0593 e. The summed E-state index contributed by atoms with van der Waals surface area (Å²) in [5.74, 6) is 0. The molecule has 1 rings (SSSR count). The minimum atomic E-state index is 0.429. The molecule has 1 N–H and O–H groups in total. The molecular formula is C10H19NO. The zero-order valence-corrected chi connectivity index (χ0v) is 7.88. The number of rotatable bonds is 5. The van der Waals surface area contributed by atoms with Crippen LogP contribution in [0.2, 0.25) is 0 Å². The van der Waals surface area contributed by atoms with Crippen molar-refractivity contribution in [2.45, 2.75) is 38.3 Å². The van der Waals surface area contributed by atoms with E-state index in [-0.39, 0.29) is 0 Å². The van der Waals surface area contributed by atoms with Crippen LogP contribution in [0.1, 0.15) is 26.2 Å². The van der Waals surface area contributed by atoms with Gasteiger partial charge in [0.25, 0.3) is 0 Å². The van der Waals surface area contributed by atoms with Crippen LogP contribution in [-0.2, 0) is 4.74 Å². The van der Waals surface area contributed by atoms with E-state index in [1.807, 2.05) is 6.08 Å². The average molecular weight is 169 g/mol. The van der Waals surface area contributed by atoms with E-state index < -0.39 is 0 Å². The summed E-state index contributed by atoms with van der Waals surface area (Å²) in [6, 6.07) is 0.429. The molecule has 2 heteroatoms. The number of likely N-dealkylation sites (N-methyl/N-ethyl adjacent to an activating group) is 1. The lowest BCUT2D eigenvalue weighted by molar-refractivity contribution is 0.0989. The Hall–Kier alpha value is -0.340. The molecular weight excluding hydrogens is 150 g/mol. The molecule has 1 fully saturated rings. The Morgan fingerprint density at radius 1 is 1.75 bits per heavy atom. The lowest BCUT2D eigenvalue weighted by Gasteiger charge is -2.17. The molecule has 0 aromatic heterocycles. The molecule has 1 heterocycles. The zero-order chi connectivity index (χ0) is 8.81. The van der Waals surface area contributed by atoms with Crippen LogP contribution in [0.15, 0.2) is 12.7 Å². The molecule has 2 unspecified atom stereocenters. The van der Waals surface area contributed by atoms with Crippen LogP contribution in [0.4, 0.5) is 0 Å². The first-order valence-corrected chi connectivity index (χ1v) is 4.84. The molecule has 1 aliphatic rings. The summed E-state index contributed by atoms with van der Waals surface area (Å²) in [6.07, 6.45) is 5.96. The van der Waals surface area contributed by atoms with Crippen molar-refractivity contribution in [3.05, 3.63) is 12.7 Å². The fourth-order valence-corrected chi connectivity index (χ4v) is 1.64. The van der Waals surface area contributed by atoms with Crippen LogP contribution >= 0.6 is 0 Å². The minimum Gasteiger partial charge on any atom is -0.378 e. The Kier molecular flexibility index (Phi) is 4.33. The van der Waals surface area contributed by atoms with Crippen molar-refractivity contribution in [2.75, 3.05) is 13.2 Å². The Morgan fingerprint density at radius 2 is 2.58 bits per heavy atom. The van der Waals surface area contributed by atoms with Crippen LogP contribution in [0.5, 0.6) is 0 Å². The number of hydrogen-bond donors (Lipinski definition) is 1. The van der Waals surface area contributed by atoms with E-state index in [1.165, 1.54) is 12.8 Å². The Bertz CT molecular complexity index is 130. The number of ether oxygens (including phenoxy) is 1. The van der Waals surface area contributed by atoms with Gasteiger partial charge in [-0.3, -0.25) is 0 Å². The van der Waals surface area contributed by atoms with Gasteiger partial charge in [-0.25, -0.2) is 0 Å². The van der Waals surface area contributed by atoms with Gasteiger partial charge in [-0.1, -0.05) is 13.0 Å². The second-order valence-electron chi connectivity index (χ2n) is 3.27. The summed E-state index contributed by atoms with van der Waals surface area (Å²) in [6.45, 7) is 7.87. The quantitative estimate of drug-likeness (QED) is 0.633. The molecule has 0 aromatic carbocycles. The van der Waals surface area contributed by atoms with E-state index in [1.54, 1.807) is 0 Å². The second-order valence-corrected chi connectivity index (χ2v) is 3.27. The Balaban J connectivity index is 2.20. The molecule has 1 aliphatic heterocycles. The molecule has 12 heavy (non-hydrogen) atoms. The lowest BCUT2D eigenvalue weighted by Crippen LogP contribution is -2.30. The van der Waals surface area contributed by atoms with E-state index in [9.17, 15) is 0 Å². The Labute approximate surface area is 75.0 Å². The van der Waals surface area contributed by atoms with Crippen LogP contribution < -0.4 is 5.32 Å². The molecule has 0 aromatic rings. The van der Waals surface area contributed by atoms with Crippen molar-refractivity contribution in [1.82, 2.24) is 5.32 Å². The first-order chi connectivity index (χ1) is 5.86. The summed E-state index contributed by atoms with van der Waals surface area (Å²) in [5.41, 5.74) is 0. The highest BCUT2D eigenvalue weighted by Crippen LogP contribution is 2.17. The van der Waals surface area contributed by atoms with Gasteiger partial charge < -0.3 is 10.1 Å². The van der Waals surface area contributed by atoms with Gasteiger partial charge in [0, 0.05) is 12.6 Å². The molecule has 0 saturated carbocycles. The predicted molar refractivity (Wildman–Crippen MR) is 51.3 cm³/mol. The first kappa shape index (κ1) is 9.75. The van der Waals surface area contributed by atoms with Crippen molar-refractivity contribution in [3.63, 3.8) is 0 Å². The largest absolute Gasteiger partial charge is 0.378 e. The lowest BCUT2D eigenvalue weighted by atomic mass is 10.1. The first-order valence-electron chi connectivity index (χ1n) is 4.84. The molecule has 1 saturated heterocycles. The summed E-state index contributed by atoms with van der Waals surface area (Å²) in [4.78, 5) is 0. The van der Waals surface area contributed by atoms with Crippen LogP contribution in [-0.4, -0.2) is 25.3 Å².